The molecule has 0 aliphatic carbocycles. The van der Waals surface area contributed by atoms with E-state index in [-0.39, 0.29) is 5.91 Å². The number of nitrogens with zero attached hydrogens (tertiary/aromatic N) is 2. The second-order valence-corrected chi connectivity index (χ2v) is 8.16. The number of rotatable bonds is 8. The van der Waals surface area contributed by atoms with Crippen LogP contribution in [0.3, 0.4) is 0 Å². The SMILES string of the molecule is CC[C@H](Oc1ccc(C)cc1)C(=O)Nc1nnc(SCc2ccccc2)s1. The van der Waals surface area contributed by atoms with E-state index in [4.69, 9.17) is 4.74 Å². The monoisotopic (exact) mass is 399 g/mol. The van der Waals surface area contributed by atoms with Crippen LogP contribution in [0.5, 0.6) is 5.75 Å². The van der Waals surface area contributed by atoms with E-state index in [0.29, 0.717) is 17.3 Å². The number of anilines is 1. The Hall–Kier alpha value is -2.38. The number of ether oxygens (including phenoxy) is 1. The van der Waals surface area contributed by atoms with Crippen LogP contribution in [-0.2, 0) is 10.5 Å². The summed E-state index contributed by atoms with van der Waals surface area (Å²) in [6.07, 6.45) is -0.00858. The molecule has 3 aromatic rings. The summed E-state index contributed by atoms with van der Waals surface area (Å²) in [6.45, 7) is 3.93. The van der Waals surface area contributed by atoms with Crippen molar-refractivity contribution in [1.82, 2.24) is 10.2 Å². The second-order valence-electron chi connectivity index (χ2n) is 5.96. The standard InChI is InChI=1S/C20H21N3O2S2/c1-3-17(25-16-11-9-14(2)10-12-16)18(24)21-19-22-23-20(27-19)26-13-15-7-5-4-6-8-15/h4-12,17H,3,13H2,1-2H3,(H,21,22,24)/t17-/m0/s1. The summed E-state index contributed by atoms with van der Waals surface area (Å²) in [4.78, 5) is 12.5. The maximum Gasteiger partial charge on any atom is 0.267 e. The van der Waals surface area contributed by atoms with Crippen LogP contribution in [-0.4, -0.2) is 22.2 Å². The van der Waals surface area contributed by atoms with Crippen LogP contribution in [0.2, 0.25) is 0 Å². The van der Waals surface area contributed by atoms with Crippen molar-refractivity contribution in [3.63, 3.8) is 0 Å². The molecule has 0 fully saturated rings. The van der Waals surface area contributed by atoms with Crippen molar-refractivity contribution >= 4 is 34.1 Å². The van der Waals surface area contributed by atoms with Gasteiger partial charge >= 0.3 is 0 Å². The smallest absolute Gasteiger partial charge is 0.267 e. The van der Waals surface area contributed by atoms with Crippen LogP contribution in [0.4, 0.5) is 5.13 Å². The summed E-state index contributed by atoms with van der Waals surface area (Å²) < 4.78 is 6.62. The number of carbonyl (C=O) groups excluding carboxylic acids is 1. The number of amides is 1. The highest BCUT2D eigenvalue weighted by Crippen LogP contribution is 2.28. The lowest BCUT2D eigenvalue weighted by molar-refractivity contribution is -0.122. The van der Waals surface area contributed by atoms with Gasteiger partial charge in [-0.2, -0.15) is 0 Å². The molecule has 0 radical (unpaired) electrons. The minimum atomic E-state index is -0.572. The summed E-state index contributed by atoms with van der Waals surface area (Å²) >= 11 is 2.97. The van der Waals surface area contributed by atoms with E-state index in [1.165, 1.54) is 16.9 Å². The van der Waals surface area contributed by atoms with E-state index in [0.717, 1.165) is 15.7 Å². The molecule has 0 bridgehead atoms. The molecule has 0 saturated carbocycles. The molecule has 0 aliphatic heterocycles. The molecule has 0 saturated heterocycles. The van der Waals surface area contributed by atoms with Crippen molar-refractivity contribution in [2.24, 2.45) is 0 Å². The van der Waals surface area contributed by atoms with E-state index >= 15 is 0 Å². The Kier molecular flexibility index (Phi) is 6.84. The Morgan fingerprint density at radius 3 is 2.59 bits per heavy atom. The van der Waals surface area contributed by atoms with Crippen molar-refractivity contribution in [1.29, 1.82) is 0 Å². The molecule has 0 spiro atoms. The highest BCUT2D eigenvalue weighted by atomic mass is 32.2. The quantitative estimate of drug-likeness (QED) is 0.430. The van der Waals surface area contributed by atoms with Gasteiger partial charge in [0.25, 0.3) is 5.91 Å². The zero-order valence-corrected chi connectivity index (χ0v) is 16.8. The fourth-order valence-electron chi connectivity index (χ4n) is 2.33. The van der Waals surface area contributed by atoms with Crippen LogP contribution in [0.15, 0.2) is 58.9 Å². The number of carbonyl (C=O) groups is 1. The molecule has 5 nitrogen and oxygen atoms in total. The molecule has 1 heterocycles. The highest BCUT2D eigenvalue weighted by Gasteiger charge is 2.20. The van der Waals surface area contributed by atoms with Crippen LogP contribution in [0.1, 0.15) is 24.5 Å². The molecule has 7 heteroatoms. The Bertz CT molecular complexity index is 866. The third-order valence-electron chi connectivity index (χ3n) is 3.80. The first-order valence-corrected chi connectivity index (χ1v) is 10.5. The molecule has 2 aromatic carbocycles. The zero-order valence-electron chi connectivity index (χ0n) is 15.2. The molecule has 0 aliphatic rings. The Balaban J connectivity index is 1.54. The first-order valence-electron chi connectivity index (χ1n) is 8.68. The molecule has 0 unspecified atom stereocenters. The summed E-state index contributed by atoms with van der Waals surface area (Å²) in [7, 11) is 0. The molecule has 1 aromatic heterocycles. The predicted molar refractivity (Wildman–Crippen MR) is 110 cm³/mol. The average molecular weight is 400 g/mol. The van der Waals surface area contributed by atoms with Gasteiger partial charge in [-0.3, -0.25) is 10.1 Å². The highest BCUT2D eigenvalue weighted by molar-refractivity contribution is 8.00. The number of aromatic nitrogens is 2. The van der Waals surface area contributed by atoms with Gasteiger partial charge in [0.2, 0.25) is 5.13 Å². The molecule has 1 amide bonds. The number of benzene rings is 2. The van der Waals surface area contributed by atoms with E-state index < -0.39 is 6.10 Å². The molecular weight excluding hydrogens is 378 g/mol. The van der Waals surface area contributed by atoms with Gasteiger partial charge in [0.1, 0.15) is 5.75 Å². The second kappa shape index (κ2) is 9.53. The lowest BCUT2D eigenvalue weighted by Gasteiger charge is -2.16. The third kappa shape index (κ3) is 5.80. The van der Waals surface area contributed by atoms with E-state index in [9.17, 15) is 4.79 Å². The number of thioether (sulfide) groups is 1. The van der Waals surface area contributed by atoms with Gasteiger partial charge in [0.15, 0.2) is 10.4 Å². The van der Waals surface area contributed by atoms with Crippen molar-refractivity contribution in [2.75, 3.05) is 5.32 Å². The Morgan fingerprint density at radius 2 is 1.89 bits per heavy atom. The number of aryl methyl sites for hydroxylation is 1. The lowest BCUT2D eigenvalue weighted by atomic mass is 10.2. The van der Waals surface area contributed by atoms with Gasteiger partial charge in [-0.25, -0.2) is 0 Å². The number of hydrogen-bond donors (Lipinski definition) is 1. The topological polar surface area (TPSA) is 64.1 Å². The minimum Gasteiger partial charge on any atom is -0.481 e. The molecule has 140 valence electrons. The summed E-state index contributed by atoms with van der Waals surface area (Å²) in [5, 5.41) is 11.5. The maximum atomic E-state index is 12.5. The van der Waals surface area contributed by atoms with E-state index in [1.807, 2.05) is 56.3 Å². The summed E-state index contributed by atoms with van der Waals surface area (Å²) in [5.41, 5.74) is 2.37. The minimum absolute atomic E-state index is 0.214. The largest absolute Gasteiger partial charge is 0.481 e. The molecule has 1 atom stereocenters. The van der Waals surface area contributed by atoms with Gasteiger partial charge in [0, 0.05) is 5.75 Å². The van der Waals surface area contributed by atoms with Crippen molar-refractivity contribution in [2.45, 2.75) is 36.5 Å². The van der Waals surface area contributed by atoms with Crippen LogP contribution >= 0.6 is 23.1 Å². The van der Waals surface area contributed by atoms with Gasteiger partial charge < -0.3 is 4.74 Å². The first-order chi connectivity index (χ1) is 13.1. The van der Waals surface area contributed by atoms with Crippen molar-refractivity contribution < 1.29 is 9.53 Å². The van der Waals surface area contributed by atoms with Gasteiger partial charge in [-0.05, 0) is 31.0 Å². The van der Waals surface area contributed by atoms with Crippen LogP contribution in [0.25, 0.3) is 0 Å². The maximum absolute atomic E-state index is 12.5. The van der Waals surface area contributed by atoms with E-state index in [2.05, 4.69) is 27.6 Å². The molecule has 3 rings (SSSR count). The molecule has 1 N–H and O–H groups in total. The van der Waals surface area contributed by atoms with Crippen LogP contribution < -0.4 is 10.1 Å². The normalized spacial score (nSPS) is 11.8. The Morgan fingerprint density at radius 1 is 1.15 bits per heavy atom. The molecule has 27 heavy (non-hydrogen) atoms. The fourth-order valence-corrected chi connectivity index (χ4v) is 4.04. The van der Waals surface area contributed by atoms with Gasteiger partial charge in [-0.15, -0.1) is 10.2 Å². The average Bonchev–Trinajstić information content (AvgIpc) is 3.14. The third-order valence-corrected chi connectivity index (χ3v) is 5.85. The van der Waals surface area contributed by atoms with Gasteiger partial charge in [-0.1, -0.05) is 78.1 Å². The fraction of sp³-hybridized carbons (Fsp3) is 0.250. The van der Waals surface area contributed by atoms with Crippen molar-refractivity contribution in [3.8, 4) is 5.75 Å². The Labute approximate surface area is 167 Å². The lowest BCUT2D eigenvalue weighted by Crippen LogP contribution is -2.32. The number of hydrogen-bond acceptors (Lipinski definition) is 6. The summed E-state index contributed by atoms with van der Waals surface area (Å²) in [5.74, 6) is 1.28. The number of nitrogens with one attached hydrogen (secondary N) is 1. The molecular formula is C20H21N3O2S2. The first kappa shape index (κ1) is 19.4. The predicted octanol–water partition coefficient (Wildman–Crippen LogP) is 4.93. The van der Waals surface area contributed by atoms with Crippen LogP contribution in [0, 0.1) is 6.92 Å². The zero-order chi connectivity index (χ0) is 19.1. The summed E-state index contributed by atoms with van der Waals surface area (Å²) in [6, 6.07) is 17.8. The van der Waals surface area contributed by atoms with Crippen molar-refractivity contribution in [3.05, 3.63) is 65.7 Å². The van der Waals surface area contributed by atoms with E-state index in [1.54, 1.807) is 11.8 Å². The van der Waals surface area contributed by atoms with Gasteiger partial charge in [0.05, 0.1) is 0 Å².